The van der Waals surface area contributed by atoms with Gasteiger partial charge in [0.1, 0.15) is 12.4 Å². The maximum atomic E-state index is 14.2. The summed E-state index contributed by atoms with van der Waals surface area (Å²) >= 11 is 0. The molecule has 4 saturated carbocycles. The van der Waals surface area contributed by atoms with E-state index in [1.54, 1.807) is 23.1 Å². The van der Waals surface area contributed by atoms with Crippen molar-refractivity contribution in [1.29, 1.82) is 0 Å². The second kappa shape index (κ2) is 9.29. The van der Waals surface area contributed by atoms with Gasteiger partial charge in [-0.1, -0.05) is 24.3 Å². The number of piperazine rings is 1. The molecular formula is C29H36FN3O3S. The van der Waals surface area contributed by atoms with E-state index in [0.29, 0.717) is 37.6 Å². The van der Waals surface area contributed by atoms with E-state index in [0.717, 1.165) is 24.0 Å². The summed E-state index contributed by atoms with van der Waals surface area (Å²) in [6.07, 6.45) is 9.08. The van der Waals surface area contributed by atoms with Crippen LogP contribution in [0.3, 0.4) is 0 Å². The third-order valence-electron chi connectivity index (χ3n) is 9.31. The number of para-hydroxylation sites is 1. The Labute approximate surface area is 219 Å². The topological polar surface area (TPSA) is 60.9 Å². The first-order valence-electron chi connectivity index (χ1n) is 13.6. The van der Waals surface area contributed by atoms with E-state index in [1.165, 1.54) is 54.5 Å². The SMILES string of the molecule is CS(=O)(=O)N(CC(=O)N1CCN(c2ccccc2F)CC1)c1ccc(C23CC4CC(CC(C4)C2)C3)cc1. The molecule has 2 aromatic carbocycles. The van der Waals surface area contributed by atoms with Gasteiger partial charge in [-0.05, 0) is 91.5 Å². The van der Waals surface area contributed by atoms with Crippen molar-refractivity contribution in [2.24, 2.45) is 17.8 Å². The van der Waals surface area contributed by atoms with Gasteiger partial charge in [-0.25, -0.2) is 12.8 Å². The summed E-state index contributed by atoms with van der Waals surface area (Å²) in [7, 11) is -3.64. The number of benzene rings is 2. The summed E-state index contributed by atoms with van der Waals surface area (Å²) < 4.78 is 40.9. The highest BCUT2D eigenvalue weighted by atomic mass is 32.2. The fraction of sp³-hybridized carbons (Fsp3) is 0.552. The number of carbonyl (C=O) groups excluding carboxylic acids is 1. The van der Waals surface area contributed by atoms with Crippen molar-refractivity contribution in [3.05, 3.63) is 59.9 Å². The molecule has 0 radical (unpaired) electrons. The Morgan fingerprint density at radius 2 is 1.49 bits per heavy atom. The normalized spacial score (nSPS) is 29.0. The Morgan fingerprint density at radius 1 is 0.919 bits per heavy atom. The minimum absolute atomic E-state index is 0.227. The number of hydrogen-bond acceptors (Lipinski definition) is 4. The second-order valence-corrected chi connectivity index (χ2v) is 13.7. The zero-order valence-electron chi connectivity index (χ0n) is 21.5. The van der Waals surface area contributed by atoms with Crippen LogP contribution in [0, 0.1) is 23.6 Å². The summed E-state index contributed by atoms with van der Waals surface area (Å²) in [4.78, 5) is 16.8. The molecule has 1 amide bonds. The van der Waals surface area contributed by atoms with Crippen LogP contribution >= 0.6 is 0 Å². The third-order valence-corrected chi connectivity index (χ3v) is 10.5. The molecule has 5 fully saturated rings. The number of carbonyl (C=O) groups is 1. The van der Waals surface area contributed by atoms with Crippen LogP contribution in [-0.2, 0) is 20.2 Å². The number of nitrogens with zero attached hydrogens (tertiary/aromatic N) is 3. The van der Waals surface area contributed by atoms with Crippen molar-refractivity contribution in [3.8, 4) is 0 Å². The number of sulfonamides is 1. The van der Waals surface area contributed by atoms with Gasteiger partial charge in [-0.2, -0.15) is 0 Å². The summed E-state index contributed by atoms with van der Waals surface area (Å²) in [5, 5.41) is 0. The second-order valence-electron chi connectivity index (χ2n) is 11.8. The minimum Gasteiger partial charge on any atom is -0.366 e. The fourth-order valence-corrected chi connectivity index (χ4v) is 8.82. The molecule has 37 heavy (non-hydrogen) atoms. The Hall–Kier alpha value is -2.61. The summed E-state index contributed by atoms with van der Waals surface area (Å²) in [6, 6.07) is 14.6. The van der Waals surface area contributed by atoms with Gasteiger partial charge in [0.05, 0.1) is 17.6 Å². The highest BCUT2D eigenvalue weighted by Crippen LogP contribution is 2.60. The highest BCUT2D eigenvalue weighted by Gasteiger charge is 2.51. The van der Waals surface area contributed by atoms with E-state index in [-0.39, 0.29) is 23.7 Å². The van der Waals surface area contributed by atoms with E-state index in [2.05, 4.69) is 12.1 Å². The zero-order chi connectivity index (χ0) is 25.8. The van der Waals surface area contributed by atoms with E-state index < -0.39 is 10.0 Å². The van der Waals surface area contributed by atoms with E-state index in [1.807, 2.05) is 17.0 Å². The van der Waals surface area contributed by atoms with E-state index in [9.17, 15) is 17.6 Å². The van der Waals surface area contributed by atoms with Crippen LogP contribution in [0.4, 0.5) is 15.8 Å². The highest BCUT2D eigenvalue weighted by molar-refractivity contribution is 7.92. The molecule has 6 nitrogen and oxygen atoms in total. The van der Waals surface area contributed by atoms with Gasteiger partial charge < -0.3 is 9.80 Å². The fourth-order valence-electron chi connectivity index (χ4n) is 7.97. The molecular weight excluding hydrogens is 489 g/mol. The molecule has 0 aromatic heterocycles. The molecule has 0 N–H and O–H groups in total. The number of halogens is 1. The molecule has 4 aliphatic carbocycles. The maximum absolute atomic E-state index is 14.2. The monoisotopic (exact) mass is 525 g/mol. The summed E-state index contributed by atoms with van der Waals surface area (Å²) in [6.45, 7) is 1.64. The molecule has 0 atom stereocenters. The van der Waals surface area contributed by atoms with E-state index in [4.69, 9.17) is 0 Å². The summed E-state index contributed by atoms with van der Waals surface area (Å²) in [5.74, 6) is 2.02. The van der Waals surface area contributed by atoms with Crippen molar-refractivity contribution >= 4 is 27.3 Å². The number of rotatable bonds is 6. The van der Waals surface area contributed by atoms with Crippen LogP contribution in [-0.4, -0.2) is 58.2 Å². The Bertz CT molecular complexity index is 1240. The number of hydrogen-bond donors (Lipinski definition) is 0. The summed E-state index contributed by atoms with van der Waals surface area (Å²) in [5.41, 5.74) is 2.65. The standard InChI is InChI=1S/C29H36FN3O3S/c1-37(35,36)33(20-28(34)32-12-10-31(11-13-32)27-5-3-2-4-26(27)30)25-8-6-24(7-9-25)29-17-21-14-22(18-29)16-23(15-21)19-29/h2-9,21-23H,10-20H2,1H3. The smallest absolute Gasteiger partial charge is 0.243 e. The van der Waals surface area contributed by atoms with Gasteiger partial charge in [-0.3, -0.25) is 9.10 Å². The zero-order valence-corrected chi connectivity index (χ0v) is 22.3. The molecule has 1 heterocycles. The van der Waals surface area contributed by atoms with Crippen molar-refractivity contribution in [2.45, 2.75) is 43.9 Å². The molecule has 0 unspecified atom stereocenters. The molecule has 8 heteroatoms. The lowest BCUT2D eigenvalue weighted by molar-refractivity contribution is -0.129. The predicted molar refractivity (Wildman–Crippen MR) is 144 cm³/mol. The molecule has 0 spiro atoms. The molecule has 7 rings (SSSR count). The Morgan fingerprint density at radius 3 is 2.03 bits per heavy atom. The van der Waals surface area contributed by atoms with Crippen molar-refractivity contribution in [1.82, 2.24) is 4.90 Å². The van der Waals surface area contributed by atoms with Crippen LogP contribution in [0.2, 0.25) is 0 Å². The van der Waals surface area contributed by atoms with Crippen LogP contribution in [0.25, 0.3) is 0 Å². The number of amides is 1. The average molecular weight is 526 g/mol. The first kappa shape index (κ1) is 24.7. The van der Waals surface area contributed by atoms with Gasteiger partial charge >= 0.3 is 0 Å². The number of anilines is 2. The van der Waals surface area contributed by atoms with Crippen molar-refractivity contribution < 1.29 is 17.6 Å². The van der Waals surface area contributed by atoms with Crippen LogP contribution < -0.4 is 9.21 Å². The quantitative estimate of drug-likeness (QED) is 0.561. The predicted octanol–water partition coefficient (Wildman–Crippen LogP) is 4.41. The largest absolute Gasteiger partial charge is 0.366 e. The molecule has 2 aromatic rings. The van der Waals surface area contributed by atoms with Crippen molar-refractivity contribution in [2.75, 3.05) is 48.2 Å². The van der Waals surface area contributed by atoms with Gasteiger partial charge in [0.25, 0.3) is 0 Å². The Kier molecular flexibility index (Phi) is 6.21. The van der Waals surface area contributed by atoms with Crippen LogP contribution in [0.1, 0.15) is 44.1 Å². The first-order valence-corrected chi connectivity index (χ1v) is 15.4. The lowest BCUT2D eigenvalue weighted by Crippen LogP contribution is -2.52. The molecule has 4 bridgehead atoms. The van der Waals surface area contributed by atoms with Crippen LogP contribution in [0.15, 0.2) is 48.5 Å². The maximum Gasteiger partial charge on any atom is 0.243 e. The van der Waals surface area contributed by atoms with E-state index >= 15 is 0 Å². The molecule has 5 aliphatic rings. The van der Waals surface area contributed by atoms with Gasteiger partial charge in [0, 0.05) is 26.2 Å². The first-order chi connectivity index (χ1) is 17.7. The van der Waals surface area contributed by atoms with Crippen molar-refractivity contribution in [3.63, 3.8) is 0 Å². The molecule has 198 valence electrons. The van der Waals surface area contributed by atoms with Gasteiger partial charge in [0.2, 0.25) is 15.9 Å². The lowest BCUT2D eigenvalue weighted by Gasteiger charge is -2.57. The third kappa shape index (κ3) is 4.73. The minimum atomic E-state index is -3.64. The Balaban J connectivity index is 1.14. The molecule has 1 saturated heterocycles. The molecule has 1 aliphatic heterocycles. The van der Waals surface area contributed by atoms with Gasteiger partial charge in [-0.15, -0.1) is 0 Å². The average Bonchev–Trinajstić information content (AvgIpc) is 2.86. The lowest BCUT2D eigenvalue weighted by atomic mass is 9.48. The van der Waals surface area contributed by atoms with Gasteiger partial charge in [0.15, 0.2) is 0 Å². The van der Waals surface area contributed by atoms with Crippen LogP contribution in [0.5, 0.6) is 0 Å².